The number of unbranched alkanes of at least 4 members (excludes halogenated alkanes) is 2. The Kier molecular flexibility index (Phi) is 13.6. The summed E-state index contributed by atoms with van der Waals surface area (Å²) in [7, 11) is 1.31. The molecule has 0 heterocycles. The number of rotatable bonds is 10. The van der Waals surface area contributed by atoms with Gasteiger partial charge in [0.05, 0.1) is 25.9 Å². The lowest BCUT2D eigenvalue weighted by Gasteiger charge is -2.19. The molecule has 0 aliphatic carbocycles. The van der Waals surface area contributed by atoms with Crippen molar-refractivity contribution >= 4 is 6.47 Å². The Bertz CT molecular complexity index is 359. The van der Waals surface area contributed by atoms with Gasteiger partial charge in [-0.2, -0.15) is 0 Å². The molecule has 1 aromatic rings. The van der Waals surface area contributed by atoms with Crippen LogP contribution in [0.5, 0.6) is 0 Å². The highest BCUT2D eigenvalue weighted by molar-refractivity contribution is 5.36. The summed E-state index contributed by atoms with van der Waals surface area (Å²) in [6.45, 7) is 3.11. The van der Waals surface area contributed by atoms with Crippen molar-refractivity contribution < 1.29 is 19.7 Å². The van der Waals surface area contributed by atoms with E-state index in [9.17, 15) is 10.2 Å². The van der Waals surface area contributed by atoms with Crippen LogP contribution in [0.3, 0.4) is 0 Å². The van der Waals surface area contributed by atoms with Gasteiger partial charge in [-0.1, -0.05) is 56.5 Å². The van der Waals surface area contributed by atoms with Gasteiger partial charge in [0.25, 0.3) is 6.47 Å². The molecular weight excluding hydrogens is 282 g/mol. The van der Waals surface area contributed by atoms with E-state index in [2.05, 4.69) is 17.0 Å². The van der Waals surface area contributed by atoms with Crippen molar-refractivity contribution in [3.8, 4) is 0 Å². The van der Waals surface area contributed by atoms with Gasteiger partial charge >= 0.3 is 0 Å². The lowest BCUT2D eigenvalue weighted by molar-refractivity contribution is -0.126. The average molecular weight is 311 g/mol. The monoisotopic (exact) mass is 311 g/mol. The van der Waals surface area contributed by atoms with E-state index in [1.54, 1.807) is 0 Å². The van der Waals surface area contributed by atoms with Gasteiger partial charge in [0.15, 0.2) is 0 Å². The Morgan fingerprint density at radius 1 is 1.27 bits per heavy atom. The Morgan fingerprint density at radius 2 is 1.91 bits per heavy atom. The number of hydrogen-bond acceptors (Lipinski definition) is 5. The van der Waals surface area contributed by atoms with E-state index in [0.717, 1.165) is 18.4 Å². The minimum atomic E-state index is -0.325. The quantitative estimate of drug-likeness (QED) is 0.455. The molecule has 0 aliphatic rings. The molecule has 3 N–H and O–H groups in total. The first kappa shape index (κ1) is 20.6. The number of carbonyl (C=O) groups excluding carboxylic acids is 1. The van der Waals surface area contributed by atoms with Crippen molar-refractivity contribution in [1.29, 1.82) is 0 Å². The third kappa shape index (κ3) is 10.3. The normalized spacial score (nSPS) is 12.7. The van der Waals surface area contributed by atoms with Crippen molar-refractivity contribution in [3.63, 3.8) is 0 Å². The van der Waals surface area contributed by atoms with Crippen LogP contribution in [-0.4, -0.2) is 43.1 Å². The van der Waals surface area contributed by atoms with E-state index in [0.29, 0.717) is 13.0 Å². The van der Waals surface area contributed by atoms with E-state index in [-0.39, 0.29) is 18.8 Å². The number of nitrogens with one attached hydrogen (secondary N) is 1. The molecule has 0 aliphatic heterocycles. The molecule has 1 aromatic carbocycles. The van der Waals surface area contributed by atoms with Gasteiger partial charge in [0.2, 0.25) is 0 Å². The van der Waals surface area contributed by atoms with Gasteiger partial charge in [-0.3, -0.25) is 4.79 Å². The molecule has 0 aromatic heterocycles. The van der Waals surface area contributed by atoms with Gasteiger partial charge in [-0.05, 0) is 12.0 Å². The molecule has 5 heteroatoms. The maximum Gasteiger partial charge on any atom is 0.292 e. The van der Waals surface area contributed by atoms with Crippen LogP contribution in [0.1, 0.15) is 44.2 Å². The summed E-state index contributed by atoms with van der Waals surface area (Å²) in [5, 5.41) is 22.4. The molecule has 0 saturated heterocycles. The molecule has 126 valence electrons. The predicted molar refractivity (Wildman–Crippen MR) is 87.5 cm³/mol. The van der Waals surface area contributed by atoms with Crippen molar-refractivity contribution in [2.75, 3.05) is 20.3 Å². The fourth-order valence-corrected chi connectivity index (χ4v) is 1.98. The van der Waals surface area contributed by atoms with Gasteiger partial charge in [-0.25, -0.2) is 0 Å². The molecule has 0 amide bonds. The molecule has 1 rings (SSSR count). The van der Waals surface area contributed by atoms with Crippen LogP contribution in [0.25, 0.3) is 0 Å². The first-order valence-corrected chi connectivity index (χ1v) is 7.73. The second-order valence-corrected chi connectivity index (χ2v) is 5.04. The van der Waals surface area contributed by atoms with Gasteiger partial charge in [0.1, 0.15) is 0 Å². The molecule has 0 radical (unpaired) electrons. The summed E-state index contributed by atoms with van der Waals surface area (Å²) < 4.78 is 3.86. The molecular formula is C17H29NO4. The molecule has 0 fully saturated rings. The van der Waals surface area contributed by atoms with Crippen molar-refractivity contribution in [2.24, 2.45) is 0 Å². The Labute approximate surface area is 133 Å². The molecule has 0 spiro atoms. The lowest BCUT2D eigenvalue weighted by atomic mass is 10.1. The summed E-state index contributed by atoms with van der Waals surface area (Å²) in [6.07, 6.45) is 3.90. The van der Waals surface area contributed by atoms with Crippen LogP contribution in [0.15, 0.2) is 30.3 Å². The molecule has 0 saturated carbocycles. The van der Waals surface area contributed by atoms with E-state index in [1.165, 1.54) is 20.0 Å². The summed E-state index contributed by atoms with van der Waals surface area (Å²) in [4.78, 5) is 8.95. The predicted octanol–water partition coefficient (Wildman–Crippen LogP) is 2.04. The van der Waals surface area contributed by atoms with Crippen LogP contribution in [-0.2, 0) is 9.53 Å². The zero-order valence-electron chi connectivity index (χ0n) is 13.6. The average Bonchev–Trinajstić information content (AvgIpc) is 2.57. The summed E-state index contributed by atoms with van der Waals surface area (Å²) >= 11 is 0. The van der Waals surface area contributed by atoms with Crippen LogP contribution in [0.4, 0.5) is 0 Å². The molecule has 22 heavy (non-hydrogen) atoms. The zero-order chi connectivity index (χ0) is 16.6. The number of hydrogen-bond donors (Lipinski definition) is 3. The van der Waals surface area contributed by atoms with Crippen LogP contribution < -0.4 is 5.32 Å². The standard InChI is InChI=1S/C15H25NO2.C2H4O2/c1-2-3-5-10-14(18)11-16-15(12-17)13-8-6-4-7-9-13;1-4-2-3/h4,6-9,14-18H,2-3,5,10-12H2,1H3;2H,1H3/t14-,15-;/m1./s1. The van der Waals surface area contributed by atoms with Crippen molar-refractivity contribution in [2.45, 2.75) is 44.8 Å². The number of methoxy groups -OCH3 is 1. The van der Waals surface area contributed by atoms with E-state index in [1.807, 2.05) is 30.3 Å². The second-order valence-electron chi connectivity index (χ2n) is 5.04. The summed E-state index contributed by atoms with van der Waals surface area (Å²) in [6, 6.07) is 9.74. The Hall–Kier alpha value is -1.43. The Balaban J connectivity index is 0.000000980. The maximum atomic E-state index is 9.82. The lowest BCUT2D eigenvalue weighted by Crippen LogP contribution is -2.32. The zero-order valence-corrected chi connectivity index (χ0v) is 13.6. The van der Waals surface area contributed by atoms with E-state index >= 15 is 0 Å². The number of ether oxygens (including phenoxy) is 1. The fourth-order valence-electron chi connectivity index (χ4n) is 1.98. The van der Waals surface area contributed by atoms with Gasteiger partial charge in [0, 0.05) is 6.54 Å². The fraction of sp³-hybridized carbons (Fsp3) is 0.588. The minimum absolute atomic E-state index is 0.0473. The van der Waals surface area contributed by atoms with Crippen molar-refractivity contribution in [1.82, 2.24) is 5.32 Å². The van der Waals surface area contributed by atoms with Crippen LogP contribution >= 0.6 is 0 Å². The Morgan fingerprint density at radius 3 is 2.41 bits per heavy atom. The van der Waals surface area contributed by atoms with Gasteiger partial charge < -0.3 is 20.3 Å². The van der Waals surface area contributed by atoms with E-state index in [4.69, 9.17) is 4.79 Å². The third-order valence-electron chi connectivity index (χ3n) is 3.22. The van der Waals surface area contributed by atoms with Gasteiger partial charge in [-0.15, -0.1) is 0 Å². The minimum Gasteiger partial charge on any atom is -0.471 e. The first-order chi connectivity index (χ1) is 10.7. The molecule has 5 nitrogen and oxygen atoms in total. The smallest absolute Gasteiger partial charge is 0.292 e. The number of benzene rings is 1. The number of aliphatic hydroxyl groups is 2. The largest absolute Gasteiger partial charge is 0.471 e. The first-order valence-electron chi connectivity index (χ1n) is 7.73. The third-order valence-corrected chi connectivity index (χ3v) is 3.22. The SMILES string of the molecule is CCCCC[C@@H](O)CN[C@H](CO)c1ccccc1.COC=O. The van der Waals surface area contributed by atoms with Crippen molar-refractivity contribution in [3.05, 3.63) is 35.9 Å². The van der Waals surface area contributed by atoms with E-state index < -0.39 is 0 Å². The second kappa shape index (κ2) is 14.5. The summed E-state index contributed by atoms with van der Waals surface area (Å²) in [5.74, 6) is 0. The molecule has 0 unspecified atom stereocenters. The highest BCUT2D eigenvalue weighted by Gasteiger charge is 2.11. The van der Waals surface area contributed by atoms with Crippen LogP contribution in [0.2, 0.25) is 0 Å². The highest BCUT2D eigenvalue weighted by atomic mass is 16.5. The maximum absolute atomic E-state index is 9.82. The molecule has 2 atom stereocenters. The highest BCUT2D eigenvalue weighted by Crippen LogP contribution is 2.12. The van der Waals surface area contributed by atoms with Crippen LogP contribution in [0, 0.1) is 0 Å². The molecule has 0 bridgehead atoms. The number of carbonyl (C=O) groups is 1. The summed E-state index contributed by atoms with van der Waals surface area (Å²) in [5.41, 5.74) is 1.06. The topological polar surface area (TPSA) is 78.8 Å². The number of aliphatic hydroxyl groups excluding tert-OH is 2.